The molecule has 0 saturated carbocycles. The smallest absolute Gasteiger partial charge is 0.254 e. The summed E-state index contributed by atoms with van der Waals surface area (Å²) in [6.07, 6.45) is 7.14. The van der Waals surface area contributed by atoms with E-state index >= 15 is 0 Å². The number of nitrogens with zero attached hydrogens (tertiary/aromatic N) is 1. The van der Waals surface area contributed by atoms with Crippen LogP contribution in [0, 0.1) is 5.92 Å². The molecule has 2 aliphatic heterocycles. The second kappa shape index (κ2) is 7.68. The van der Waals surface area contributed by atoms with Gasteiger partial charge in [0.05, 0.1) is 5.60 Å². The Morgan fingerprint density at radius 3 is 2.72 bits per heavy atom. The Kier molecular flexibility index (Phi) is 4.88. The van der Waals surface area contributed by atoms with Crippen molar-refractivity contribution in [1.82, 2.24) is 9.88 Å². The van der Waals surface area contributed by atoms with Crippen LogP contribution >= 0.6 is 0 Å². The second-order valence-electron chi connectivity index (χ2n) is 8.62. The summed E-state index contributed by atoms with van der Waals surface area (Å²) in [7, 11) is 0. The number of hydrogen-bond acceptors (Lipinski definition) is 2. The van der Waals surface area contributed by atoms with Gasteiger partial charge in [-0.1, -0.05) is 36.4 Å². The minimum Gasteiger partial charge on any atom is -0.375 e. The molecule has 1 spiro atoms. The quantitative estimate of drug-likeness (QED) is 0.700. The lowest BCUT2D eigenvalue weighted by molar-refractivity contribution is -0.123. The van der Waals surface area contributed by atoms with Crippen LogP contribution in [0.15, 0.2) is 60.8 Å². The van der Waals surface area contributed by atoms with Crippen molar-refractivity contribution >= 4 is 16.8 Å². The first-order chi connectivity index (χ1) is 14.2. The Labute approximate surface area is 171 Å². The number of rotatable bonds is 3. The number of piperidine rings is 1. The third kappa shape index (κ3) is 3.69. The first-order valence-corrected chi connectivity index (χ1v) is 10.8. The van der Waals surface area contributed by atoms with Gasteiger partial charge in [0.15, 0.2) is 0 Å². The summed E-state index contributed by atoms with van der Waals surface area (Å²) in [6, 6.07) is 18.7. The van der Waals surface area contributed by atoms with Crippen LogP contribution in [0.3, 0.4) is 0 Å². The van der Waals surface area contributed by atoms with Gasteiger partial charge in [0.2, 0.25) is 0 Å². The summed E-state index contributed by atoms with van der Waals surface area (Å²) in [6.45, 7) is 2.39. The Morgan fingerprint density at radius 2 is 1.90 bits per heavy atom. The molecule has 1 aromatic heterocycles. The van der Waals surface area contributed by atoms with Gasteiger partial charge >= 0.3 is 0 Å². The van der Waals surface area contributed by atoms with Gasteiger partial charge in [-0.25, -0.2) is 0 Å². The van der Waals surface area contributed by atoms with Crippen LogP contribution in [0.2, 0.25) is 0 Å². The highest BCUT2D eigenvalue weighted by Crippen LogP contribution is 2.39. The van der Waals surface area contributed by atoms with Crippen LogP contribution in [-0.2, 0) is 11.2 Å². The van der Waals surface area contributed by atoms with Gasteiger partial charge in [-0.3, -0.25) is 4.79 Å². The van der Waals surface area contributed by atoms with Gasteiger partial charge in [-0.2, -0.15) is 0 Å². The molecule has 4 heteroatoms. The Balaban J connectivity index is 1.25. The minimum absolute atomic E-state index is 0.0471. The normalized spacial score (nSPS) is 21.5. The topological polar surface area (TPSA) is 45.3 Å². The molecule has 0 bridgehead atoms. The Bertz CT molecular complexity index is 986. The summed E-state index contributed by atoms with van der Waals surface area (Å²) < 4.78 is 6.32. The summed E-state index contributed by atoms with van der Waals surface area (Å²) in [5.41, 5.74) is 3.19. The number of fused-ring (bicyclic) bond motifs is 1. The zero-order chi connectivity index (χ0) is 19.7. The van der Waals surface area contributed by atoms with E-state index in [9.17, 15) is 4.79 Å². The predicted octanol–water partition coefficient (Wildman–Crippen LogP) is 4.81. The average molecular weight is 389 g/mol. The highest BCUT2D eigenvalue weighted by atomic mass is 16.5. The summed E-state index contributed by atoms with van der Waals surface area (Å²) >= 11 is 0. The fraction of sp³-hybridized carbons (Fsp3) is 0.400. The third-order valence-electron chi connectivity index (χ3n) is 6.75. The minimum atomic E-state index is -0.0471. The maximum absolute atomic E-state index is 13.2. The molecular weight excluding hydrogens is 360 g/mol. The second-order valence-corrected chi connectivity index (χ2v) is 8.62. The van der Waals surface area contributed by atoms with Crippen molar-refractivity contribution in [3.05, 3.63) is 71.9 Å². The van der Waals surface area contributed by atoms with Crippen LogP contribution in [-0.4, -0.2) is 41.1 Å². The van der Waals surface area contributed by atoms with Crippen molar-refractivity contribution < 1.29 is 9.53 Å². The molecule has 3 aromatic rings. The van der Waals surface area contributed by atoms with E-state index in [1.165, 1.54) is 5.56 Å². The molecule has 4 nitrogen and oxygen atoms in total. The van der Waals surface area contributed by atoms with E-state index in [-0.39, 0.29) is 11.5 Å². The molecular formula is C25H28N2O2. The van der Waals surface area contributed by atoms with Crippen LogP contribution in [0.1, 0.15) is 41.6 Å². The molecule has 1 N–H and O–H groups in total. The number of benzene rings is 2. The molecule has 1 amide bonds. The lowest BCUT2D eigenvalue weighted by atomic mass is 9.77. The number of carbonyl (C=O) groups is 1. The number of ether oxygens (including phenoxy) is 1. The summed E-state index contributed by atoms with van der Waals surface area (Å²) in [5, 5.41) is 1.01. The number of amides is 1. The highest BCUT2D eigenvalue weighted by molar-refractivity contribution is 6.06. The van der Waals surface area contributed by atoms with E-state index in [0.29, 0.717) is 5.92 Å². The van der Waals surface area contributed by atoms with Crippen LogP contribution in [0.4, 0.5) is 0 Å². The monoisotopic (exact) mass is 388 g/mol. The molecule has 5 rings (SSSR count). The maximum atomic E-state index is 13.2. The lowest BCUT2D eigenvalue weighted by Crippen LogP contribution is -2.51. The summed E-state index contributed by atoms with van der Waals surface area (Å²) in [5.74, 6) is 0.809. The number of aromatic nitrogens is 1. The molecule has 2 aromatic carbocycles. The number of hydrogen-bond donors (Lipinski definition) is 1. The van der Waals surface area contributed by atoms with E-state index in [1.54, 1.807) is 0 Å². The first-order valence-electron chi connectivity index (χ1n) is 10.8. The average Bonchev–Trinajstić information content (AvgIpc) is 3.24. The SMILES string of the molecule is O=C(c1cccc2[nH]ccc12)N1CCC2(CC1)CC(Cc1ccccc1)CCO2. The van der Waals surface area contributed by atoms with Crippen molar-refractivity contribution in [2.75, 3.05) is 19.7 Å². The zero-order valence-electron chi connectivity index (χ0n) is 16.8. The van der Waals surface area contributed by atoms with Gasteiger partial charge in [0.1, 0.15) is 0 Å². The van der Waals surface area contributed by atoms with Gasteiger partial charge < -0.3 is 14.6 Å². The van der Waals surface area contributed by atoms with Crippen LogP contribution < -0.4 is 0 Å². The molecule has 150 valence electrons. The van der Waals surface area contributed by atoms with Crippen LogP contribution in [0.25, 0.3) is 10.9 Å². The fourth-order valence-electron chi connectivity index (χ4n) is 5.16. The zero-order valence-corrected chi connectivity index (χ0v) is 16.8. The van der Waals surface area contributed by atoms with Crippen molar-refractivity contribution in [3.63, 3.8) is 0 Å². The van der Waals surface area contributed by atoms with Gasteiger partial charge in [0, 0.05) is 42.4 Å². The molecule has 2 fully saturated rings. The molecule has 1 unspecified atom stereocenters. The van der Waals surface area contributed by atoms with Crippen molar-refractivity contribution in [2.45, 2.75) is 37.7 Å². The first kappa shape index (κ1) is 18.4. The number of nitrogens with one attached hydrogen (secondary N) is 1. The van der Waals surface area contributed by atoms with E-state index in [1.807, 2.05) is 35.4 Å². The van der Waals surface area contributed by atoms with Crippen LogP contribution in [0.5, 0.6) is 0 Å². The Morgan fingerprint density at radius 1 is 1.07 bits per heavy atom. The Hall–Kier alpha value is -2.59. The van der Waals surface area contributed by atoms with E-state index < -0.39 is 0 Å². The van der Waals surface area contributed by atoms with E-state index in [2.05, 4.69) is 35.3 Å². The van der Waals surface area contributed by atoms with Crippen molar-refractivity contribution in [3.8, 4) is 0 Å². The molecule has 0 radical (unpaired) electrons. The molecule has 1 atom stereocenters. The molecule has 29 heavy (non-hydrogen) atoms. The standard InChI is InChI=1S/C25H28N2O2/c28-24(22-7-4-8-23-21(22)9-13-26-23)27-14-11-25(12-15-27)18-20(10-16-29-25)17-19-5-2-1-3-6-19/h1-9,13,20,26H,10-12,14-18H2. The number of aromatic amines is 1. The molecule has 2 aliphatic rings. The van der Waals surface area contributed by atoms with Gasteiger partial charge in [0.25, 0.3) is 5.91 Å². The predicted molar refractivity (Wildman–Crippen MR) is 115 cm³/mol. The lowest BCUT2D eigenvalue weighted by Gasteiger charge is -2.46. The number of H-pyrrole nitrogens is 1. The summed E-state index contributed by atoms with van der Waals surface area (Å²) in [4.78, 5) is 18.4. The van der Waals surface area contributed by atoms with Crippen molar-refractivity contribution in [1.29, 1.82) is 0 Å². The molecule has 3 heterocycles. The van der Waals surface area contributed by atoms with Gasteiger partial charge in [-0.15, -0.1) is 0 Å². The number of carbonyl (C=O) groups excluding carboxylic acids is 1. The number of likely N-dealkylation sites (tertiary alicyclic amines) is 1. The fourth-order valence-corrected chi connectivity index (χ4v) is 5.16. The molecule has 0 aliphatic carbocycles. The largest absolute Gasteiger partial charge is 0.375 e. The van der Waals surface area contributed by atoms with E-state index in [4.69, 9.17) is 4.74 Å². The van der Waals surface area contributed by atoms with Gasteiger partial charge in [-0.05, 0) is 61.8 Å². The third-order valence-corrected chi connectivity index (χ3v) is 6.75. The maximum Gasteiger partial charge on any atom is 0.254 e. The van der Waals surface area contributed by atoms with Crippen molar-refractivity contribution in [2.24, 2.45) is 5.92 Å². The van der Waals surface area contributed by atoms with E-state index in [0.717, 1.165) is 68.3 Å². The molecule has 2 saturated heterocycles. The highest BCUT2D eigenvalue weighted by Gasteiger charge is 2.41.